The molecule has 2 bridgehead atoms. The molecule has 1 aromatic carbocycles. The van der Waals surface area contributed by atoms with Gasteiger partial charge in [0.15, 0.2) is 11.5 Å². The Labute approximate surface area is 153 Å². The Hall–Kier alpha value is -1.23. The van der Waals surface area contributed by atoms with Gasteiger partial charge in [-0.25, -0.2) is 0 Å². The van der Waals surface area contributed by atoms with Crippen LogP contribution in [0.4, 0.5) is 0 Å². The average molecular weight is 362 g/mol. The van der Waals surface area contributed by atoms with Crippen LogP contribution in [0.15, 0.2) is 18.7 Å². The third-order valence-electron chi connectivity index (χ3n) is 7.04. The quantitative estimate of drug-likeness (QED) is 0.840. The summed E-state index contributed by atoms with van der Waals surface area (Å²) in [7, 11) is 1.66. The Balaban J connectivity index is 1.76. The highest BCUT2D eigenvalue weighted by atomic mass is 35.5. The molecule has 5 heteroatoms. The normalized spacial score (nSPS) is 38.0. The van der Waals surface area contributed by atoms with E-state index < -0.39 is 6.10 Å². The number of methoxy groups -OCH3 is 1. The van der Waals surface area contributed by atoms with Crippen LogP contribution in [-0.2, 0) is 11.8 Å². The first-order valence-electron chi connectivity index (χ1n) is 9.21. The zero-order valence-electron chi connectivity index (χ0n) is 14.5. The highest BCUT2D eigenvalue weighted by Crippen LogP contribution is 2.64. The van der Waals surface area contributed by atoms with Crippen molar-refractivity contribution in [1.82, 2.24) is 4.90 Å². The summed E-state index contributed by atoms with van der Waals surface area (Å²) in [4.78, 5) is 2.54. The lowest BCUT2D eigenvalue weighted by molar-refractivity contribution is -0.102. The lowest BCUT2D eigenvalue weighted by Gasteiger charge is -2.59. The molecule has 1 aromatic rings. The Morgan fingerprint density at radius 3 is 3.12 bits per heavy atom. The molecule has 5 rings (SSSR count). The van der Waals surface area contributed by atoms with Gasteiger partial charge in [0.2, 0.25) is 0 Å². The second-order valence-corrected chi connectivity index (χ2v) is 8.29. The van der Waals surface area contributed by atoms with Crippen molar-refractivity contribution < 1.29 is 14.6 Å². The monoisotopic (exact) mass is 361 g/mol. The number of aliphatic hydroxyl groups is 1. The van der Waals surface area contributed by atoms with Gasteiger partial charge in [-0.2, -0.15) is 0 Å². The van der Waals surface area contributed by atoms with Gasteiger partial charge in [0.05, 0.1) is 13.2 Å². The van der Waals surface area contributed by atoms with Crippen molar-refractivity contribution in [2.75, 3.05) is 20.2 Å². The zero-order valence-corrected chi connectivity index (χ0v) is 15.3. The summed E-state index contributed by atoms with van der Waals surface area (Å²) in [6, 6.07) is 2.32. The number of ether oxygens (including phenoxy) is 2. The van der Waals surface area contributed by atoms with Gasteiger partial charge in [0.25, 0.3) is 0 Å². The van der Waals surface area contributed by atoms with Crippen molar-refractivity contribution in [2.24, 2.45) is 5.92 Å². The molecule has 0 unspecified atom stereocenters. The fourth-order valence-electron chi connectivity index (χ4n) is 6.17. The van der Waals surface area contributed by atoms with Gasteiger partial charge in [-0.3, -0.25) is 4.90 Å². The molecule has 4 nitrogen and oxygen atoms in total. The van der Waals surface area contributed by atoms with E-state index in [0.29, 0.717) is 17.7 Å². The van der Waals surface area contributed by atoms with Crippen molar-refractivity contribution in [3.8, 4) is 11.5 Å². The summed E-state index contributed by atoms with van der Waals surface area (Å²) < 4.78 is 12.0. The number of hydrogen-bond donors (Lipinski definition) is 1. The van der Waals surface area contributed by atoms with Crippen LogP contribution in [0.3, 0.4) is 0 Å². The van der Waals surface area contributed by atoms with E-state index in [1.165, 1.54) is 11.1 Å². The molecule has 2 aliphatic carbocycles. The van der Waals surface area contributed by atoms with E-state index in [0.717, 1.165) is 49.5 Å². The molecule has 2 fully saturated rings. The molecule has 0 aromatic heterocycles. The molecule has 0 amide bonds. The van der Waals surface area contributed by atoms with Crippen LogP contribution in [0.5, 0.6) is 11.5 Å². The third kappa shape index (κ3) is 1.85. The Morgan fingerprint density at radius 1 is 1.52 bits per heavy atom. The van der Waals surface area contributed by atoms with Crippen LogP contribution in [0.25, 0.3) is 0 Å². The van der Waals surface area contributed by atoms with Gasteiger partial charge in [0, 0.05) is 34.7 Å². The van der Waals surface area contributed by atoms with Gasteiger partial charge in [0.1, 0.15) is 6.10 Å². The van der Waals surface area contributed by atoms with Crippen LogP contribution < -0.4 is 9.47 Å². The first-order valence-corrected chi connectivity index (χ1v) is 9.59. The molecule has 1 N–H and O–H groups in total. The van der Waals surface area contributed by atoms with Gasteiger partial charge in [-0.15, -0.1) is 6.58 Å². The number of piperidine rings is 1. The summed E-state index contributed by atoms with van der Waals surface area (Å²) >= 11 is 6.68. The smallest absolute Gasteiger partial charge is 0.166 e. The maximum atomic E-state index is 10.8. The largest absolute Gasteiger partial charge is 0.493 e. The maximum absolute atomic E-state index is 10.8. The van der Waals surface area contributed by atoms with Crippen LogP contribution in [-0.4, -0.2) is 48.5 Å². The highest BCUT2D eigenvalue weighted by Gasteiger charge is 2.65. The number of nitrogens with zero attached hydrogens (tertiary/aromatic N) is 1. The summed E-state index contributed by atoms with van der Waals surface area (Å²) in [5, 5.41) is 11.5. The standard InChI is InChI=1S/C20H24ClNO3/c1-3-7-22-8-6-20-12-4-5-15(23)19(20)25-18-16(24-2)10-13(21)11(17(18)20)9-14(12)22/h3,10,12,14-15,19,23H,1,4-9H2,2H3/t12-,14+,15-,19-,20-/m0/s1. The Morgan fingerprint density at radius 2 is 2.36 bits per heavy atom. The number of likely N-dealkylation sites (tertiary alicyclic amines) is 1. The first-order chi connectivity index (χ1) is 12.1. The molecule has 134 valence electrons. The minimum Gasteiger partial charge on any atom is -0.493 e. The SMILES string of the molecule is C=CCN1CC[C@]23c4c5c(Cl)cc(OC)c4O[C@H]2[C@@H](O)CC[C@H]3[C@H]1C5. The van der Waals surface area contributed by atoms with E-state index in [9.17, 15) is 5.11 Å². The lowest BCUT2D eigenvalue weighted by atomic mass is 9.51. The number of aliphatic hydroxyl groups excluding tert-OH is 1. The van der Waals surface area contributed by atoms with E-state index >= 15 is 0 Å². The number of halogens is 1. The fraction of sp³-hybridized carbons (Fsp3) is 0.600. The molecule has 1 saturated carbocycles. The van der Waals surface area contributed by atoms with E-state index in [-0.39, 0.29) is 11.5 Å². The van der Waals surface area contributed by atoms with Crippen molar-refractivity contribution in [1.29, 1.82) is 0 Å². The lowest BCUT2D eigenvalue weighted by Crippen LogP contribution is -2.66. The van der Waals surface area contributed by atoms with Gasteiger partial charge >= 0.3 is 0 Å². The Kier molecular flexibility index (Phi) is 3.44. The highest BCUT2D eigenvalue weighted by molar-refractivity contribution is 6.31. The van der Waals surface area contributed by atoms with E-state index in [1.54, 1.807) is 7.11 Å². The molecule has 2 heterocycles. The maximum Gasteiger partial charge on any atom is 0.166 e. The second-order valence-electron chi connectivity index (χ2n) is 7.88. The van der Waals surface area contributed by atoms with Crippen LogP contribution >= 0.6 is 11.6 Å². The number of benzene rings is 1. The minimum atomic E-state index is -0.426. The third-order valence-corrected chi connectivity index (χ3v) is 7.38. The summed E-state index contributed by atoms with van der Waals surface area (Å²) in [5.41, 5.74) is 2.31. The predicted molar refractivity (Wildman–Crippen MR) is 96.7 cm³/mol. The van der Waals surface area contributed by atoms with Gasteiger partial charge < -0.3 is 14.6 Å². The first kappa shape index (κ1) is 16.0. The van der Waals surface area contributed by atoms with E-state index in [1.807, 2.05) is 12.1 Å². The average Bonchev–Trinajstić information content (AvgIpc) is 2.95. The molecule has 1 spiro atoms. The van der Waals surface area contributed by atoms with Crippen molar-refractivity contribution in [3.05, 3.63) is 34.9 Å². The molecule has 5 atom stereocenters. The molecular formula is C20H24ClNO3. The van der Waals surface area contributed by atoms with Gasteiger partial charge in [-0.05, 0) is 43.7 Å². The topological polar surface area (TPSA) is 41.9 Å². The van der Waals surface area contributed by atoms with E-state index in [2.05, 4.69) is 11.5 Å². The molecule has 25 heavy (non-hydrogen) atoms. The summed E-state index contributed by atoms with van der Waals surface area (Å²) in [6.07, 6.45) is 5.16. The summed E-state index contributed by atoms with van der Waals surface area (Å²) in [6.45, 7) is 5.85. The number of hydrogen-bond acceptors (Lipinski definition) is 4. The molecule has 1 saturated heterocycles. The van der Waals surface area contributed by atoms with Gasteiger partial charge in [-0.1, -0.05) is 17.7 Å². The second kappa shape index (κ2) is 5.38. The molecule has 2 aliphatic heterocycles. The van der Waals surface area contributed by atoms with Crippen molar-refractivity contribution >= 4 is 11.6 Å². The Bertz CT molecular complexity index is 751. The zero-order chi connectivity index (χ0) is 17.3. The molecule has 0 radical (unpaired) electrons. The van der Waals surface area contributed by atoms with Crippen LogP contribution in [0.1, 0.15) is 30.4 Å². The minimum absolute atomic E-state index is 0.124. The van der Waals surface area contributed by atoms with E-state index in [4.69, 9.17) is 21.1 Å². The summed E-state index contributed by atoms with van der Waals surface area (Å²) in [5.74, 6) is 2.02. The van der Waals surface area contributed by atoms with Crippen LogP contribution in [0.2, 0.25) is 5.02 Å². The molecule has 4 aliphatic rings. The number of rotatable bonds is 3. The predicted octanol–water partition coefficient (Wildman–Crippen LogP) is 2.93. The van der Waals surface area contributed by atoms with Crippen LogP contribution in [0, 0.1) is 5.92 Å². The van der Waals surface area contributed by atoms with Crippen molar-refractivity contribution in [2.45, 2.75) is 49.3 Å². The molecular weight excluding hydrogens is 338 g/mol. The fourth-order valence-corrected chi connectivity index (χ4v) is 6.44. The van der Waals surface area contributed by atoms with Crippen molar-refractivity contribution in [3.63, 3.8) is 0 Å².